The normalized spacial score (nSPS) is 12.4. The molecule has 0 unspecified atom stereocenters. The molecule has 0 aliphatic rings. The second-order valence-electron chi connectivity index (χ2n) is 4.63. The minimum absolute atomic E-state index is 0.133. The predicted molar refractivity (Wildman–Crippen MR) is 55.8 cm³/mol. The van der Waals surface area contributed by atoms with Crippen molar-refractivity contribution in [2.45, 2.75) is 40.2 Å². The molecular formula is C10H17F2N3. The van der Waals surface area contributed by atoms with E-state index in [1.54, 1.807) is 24.6 Å². The van der Waals surface area contributed by atoms with E-state index < -0.39 is 11.8 Å². The van der Waals surface area contributed by atoms with Gasteiger partial charge < -0.3 is 5.73 Å². The highest BCUT2D eigenvalue weighted by molar-refractivity contribution is 5.28. The number of halogens is 2. The van der Waals surface area contributed by atoms with Crippen LogP contribution in [0.5, 0.6) is 0 Å². The molecule has 0 radical (unpaired) electrons. The second-order valence-corrected chi connectivity index (χ2v) is 4.63. The van der Waals surface area contributed by atoms with Gasteiger partial charge in [-0.1, -0.05) is 13.8 Å². The molecular weight excluding hydrogens is 200 g/mol. The Balaban J connectivity index is 2.72. The van der Waals surface area contributed by atoms with Gasteiger partial charge in [0.05, 0.1) is 0 Å². The molecule has 1 heterocycles. The SMILES string of the molecule is Cc1cc(N)nn1CC(C)(C)CC(F)F. The Morgan fingerprint density at radius 1 is 1.53 bits per heavy atom. The summed E-state index contributed by atoms with van der Waals surface area (Å²) < 4.78 is 26.2. The van der Waals surface area contributed by atoms with Crippen molar-refractivity contribution < 1.29 is 8.78 Å². The van der Waals surface area contributed by atoms with Crippen LogP contribution in [0.15, 0.2) is 6.07 Å². The van der Waals surface area contributed by atoms with E-state index in [4.69, 9.17) is 5.73 Å². The summed E-state index contributed by atoms with van der Waals surface area (Å²) in [5.74, 6) is 0.431. The molecule has 15 heavy (non-hydrogen) atoms. The number of aromatic nitrogens is 2. The molecule has 3 nitrogen and oxygen atoms in total. The molecule has 0 saturated heterocycles. The molecule has 1 aromatic heterocycles. The summed E-state index contributed by atoms with van der Waals surface area (Å²) in [6, 6.07) is 1.73. The van der Waals surface area contributed by atoms with Gasteiger partial charge in [-0.2, -0.15) is 5.10 Å². The minimum atomic E-state index is -2.28. The van der Waals surface area contributed by atoms with E-state index >= 15 is 0 Å². The van der Waals surface area contributed by atoms with Gasteiger partial charge in [-0.15, -0.1) is 0 Å². The molecule has 1 rings (SSSR count). The summed E-state index contributed by atoms with van der Waals surface area (Å²) in [6.45, 7) is 5.93. The van der Waals surface area contributed by atoms with Gasteiger partial charge in [-0.05, 0) is 12.3 Å². The highest BCUT2D eigenvalue weighted by Gasteiger charge is 2.24. The largest absolute Gasteiger partial charge is 0.382 e. The van der Waals surface area contributed by atoms with Gasteiger partial charge in [0.1, 0.15) is 5.82 Å². The van der Waals surface area contributed by atoms with Crippen LogP contribution in [0.25, 0.3) is 0 Å². The third kappa shape index (κ3) is 3.49. The fraction of sp³-hybridized carbons (Fsp3) is 0.700. The fourth-order valence-electron chi connectivity index (χ4n) is 1.58. The van der Waals surface area contributed by atoms with Crippen molar-refractivity contribution in [2.24, 2.45) is 5.41 Å². The highest BCUT2D eigenvalue weighted by atomic mass is 19.3. The Kier molecular flexibility index (Phi) is 3.31. The third-order valence-electron chi connectivity index (χ3n) is 2.28. The van der Waals surface area contributed by atoms with E-state index in [9.17, 15) is 8.78 Å². The molecule has 0 aromatic carbocycles. The summed E-state index contributed by atoms with van der Waals surface area (Å²) >= 11 is 0. The molecule has 0 amide bonds. The van der Waals surface area contributed by atoms with Crippen LogP contribution >= 0.6 is 0 Å². The van der Waals surface area contributed by atoms with E-state index in [1.807, 2.05) is 6.92 Å². The molecule has 2 N–H and O–H groups in total. The van der Waals surface area contributed by atoms with Crippen molar-refractivity contribution in [3.8, 4) is 0 Å². The van der Waals surface area contributed by atoms with E-state index in [-0.39, 0.29) is 6.42 Å². The van der Waals surface area contributed by atoms with E-state index in [1.165, 1.54) is 0 Å². The van der Waals surface area contributed by atoms with Gasteiger partial charge in [-0.25, -0.2) is 8.78 Å². The highest BCUT2D eigenvalue weighted by Crippen LogP contribution is 2.27. The summed E-state index contributed by atoms with van der Waals surface area (Å²) in [6.07, 6.45) is -2.42. The lowest BCUT2D eigenvalue weighted by atomic mass is 9.89. The van der Waals surface area contributed by atoms with Crippen molar-refractivity contribution in [3.63, 3.8) is 0 Å². The lowest BCUT2D eigenvalue weighted by Gasteiger charge is -2.24. The van der Waals surface area contributed by atoms with Gasteiger partial charge in [0.15, 0.2) is 0 Å². The first-order valence-electron chi connectivity index (χ1n) is 4.88. The van der Waals surface area contributed by atoms with E-state index in [0.717, 1.165) is 5.69 Å². The first kappa shape index (κ1) is 11.9. The van der Waals surface area contributed by atoms with Crippen LogP contribution in [0.4, 0.5) is 14.6 Å². The monoisotopic (exact) mass is 217 g/mol. The van der Waals surface area contributed by atoms with Crippen molar-refractivity contribution in [1.82, 2.24) is 9.78 Å². The first-order chi connectivity index (χ1) is 6.80. The average Bonchev–Trinajstić information content (AvgIpc) is 2.25. The Morgan fingerprint density at radius 3 is 2.53 bits per heavy atom. The zero-order chi connectivity index (χ0) is 11.6. The first-order valence-corrected chi connectivity index (χ1v) is 4.88. The number of nitrogens with two attached hydrogens (primary N) is 1. The minimum Gasteiger partial charge on any atom is -0.382 e. The summed E-state index contributed by atoms with van der Waals surface area (Å²) in [5, 5.41) is 4.05. The zero-order valence-corrected chi connectivity index (χ0v) is 9.30. The number of rotatable bonds is 4. The Morgan fingerprint density at radius 2 is 2.13 bits per heavy atom. The summed E-state index contributed by atoms with van der Waals surface area (Å²) in [5.41, 5.74) is 5.94. The molecule has 1 aromatic rings. The molecule has 0 aliphatic heterocycles. The van der Waals surface area contributed by atoms with E-state index in [0.29, 0.717) is 12.4 Å². The maximum absolute atomic E-state index is 12.3. The smallest absolute Gasteiger partial charge is 0.239 e. The lowest BCUT2D eigenvalue weighted by Crippen LogP contribution is -2.24. The topological polar surface area (TPSA) is 43.8 Å². The van der Waals surface area contributed by atoms with Gasteiger partial charge in [0, 0.05) is 24.7 Å². The number of nitrogens with zero attached hydrogens (tertiary/aromatic N) is 2. The maximum atomic E-state index is 12.3. The molecule has 5 heteroatoms. The molecule has 0 spiro atoms. The Bertz CT molecular complexity index is 331. The molecule has 0 fully saturated rings. The number of anilines is 1. The van der Waals surface area contributed by atoms with Crippen molar-refractivity contribution in [3.05, 3.63) is 11.8 Å². The number of nitrogen functional groups attached to an aromatic ring is 1. The van der Waals surface area contributed by atoms with Crippen LogP contribution in [0.3, 0.4) is 0 Å². The molecule has 0 aliphatic carbocycles. The number of alkyl halides is 2. The number of hydrogen-bond acceptors (Lipinski definition) is 2. The zero-order valence-electron chi connectivity index (χ0n) is 9.30. The van der Waals surface area contributed by atoms with Crippen molar-refractivity contribution in [2.75, 3.05) is 5.73 Å². The van der Waals surface area contributed by atoms with Crippen molar-refractivity contribution >= 4 is 5.82 Å². The van der Waals surface area contributed by atoms with Gasteiger partial charge in [0.25, 0.3) is 0 Å². The Hall–Kier alpha value is -1.13. The summed E-state index contributed by atoms with van der Waals surface area (Å²) in [7, 11) is 0. The van der Waals surface area contributed by atoms with Crippen LogP contribution in [-0.4, -0.2) is 16.2 Å². The quantitative estimate of drug-likeness (QED) is 0.841. The van der Waals surface area contributed by atoms with Crippen LogP contribution in [-0.2, 0) is 6.54 Å². The second kappa shape index (κ2) is 4.16. The third-order valence-corrected chi connectivity index (χ3v) is 2.28. The lowest BCUT2D eigenvalue weighted by molar-refractivity contribution is 0.0775. The Labute approximate surface area is 88.3 Å². The van der Waals surface area contributed by atoms with Gasteiger partial charge in [-0.3, -0.25) is 4.68 Å². The average molecular weight is 217 g/mol. The molecule has 86 valence electrons. The van der Waals surface area contributed by atoms with E-state index in [2.05, 4.69) is 5.10 Å². The molecule has 0 bridgehead atoms. The number of aryl methyl sites for hydroxylation is 1. The van der Waals surface area contributed by atoms with Crippen LogP contribution < -0.4 is 5.73 Å². The fourth-order valence-corrected chi connectivity index (χ4v) is 1.58. The molecule has 0 saturated carbocycles. The van der Waals surface area contributed by atoms with Gasteiger partial charge in [0.2, 0.25) is 6.43 Å². The molecule has 0 atom stereocenters. The van der Waals surface area contributed by atoms with Crippen LogP contribution in [0, 0.1) is 12.3 Å². The van der Waals surface area contributed by atoms with Crippen molar-refractivity contribution in [1.29, 1.82) is 0 Å². The van der Waals surface area contributed by atoms with Crippen LogP contribution in [0.2, 0.25) is 0 Å². The number of hydrogen-bond donors (Lipinski definition) is 1. The predicted octanol–water partition coefficient (Wildman–Crippen LogP) is 2.46. The summed E-state index contributed by atoms with van der Waals surface area (Å²) in [4.78, 5) is 0. The maximum Gasteiger partial charge on any atom is 0.239 e. The standard InChI is InChI=1S/C10H17F2N3/c1-7-4-9(13)14-15(7)6-10(2,3)5-8(11)12/h4,8H,5-6H2,1-3H3,(H2,13,14). The van der Waals surface area contributed by atoms with Crippen LogP contribution in [0.1, 0.15) is 26.0 Å². The van der Waals surface area contributed by atoms with Gasteiger partial charge >= 0.3 is 0 Å².